The summed E-state index contributed by atoms with van der Waals surface area (Å²) in [6.07, 6.45) is 0. The van der Waals surface area contributed by atoms with Crippen LogP contribution in [0.25, 0.3) is 0 Å². The third-order valence-electron chi connectivity index (χ3n) is 4.40. The van der Waals surface area contributed by atoms with Crippen molar-refractivity contribution in [3.8, 4) is 0 Å². The zero-order valence-corrected chi connectivity index (χ0v) is 17.0. The number of carbonyl (C=O) groups is 2. The molecule has 0 unspecified atom stereocenters. The molecule has 0 atom stereocenters. The van der Waals surface area contributed by atoms with Gasteiger partial charge < -0.3 is 10.1 Å². The number of rotatable bonds is 6. The van der Waals surface area contributed by atoms with Crippen LogP contribution in [0.3, 0.4) is 0 Å². The summed E-state index contributed by atoms with van der Waals surface area (Å²) in [5.41, 5.74) is 0.319. The second kappa shape index (κ2) is 8.82. The monoisotopic (exact) mass is 423 g/mol. The molecule has 1 N–H and O–H groups in total. The van der Waals surface area contributed by atoms with Crippen LogP contribution in [-0.2, 0) is 19.6 Å². The average Bonchev–Trinajstić information content (AvgIpc) is 3.16. The van der Waals surface area contributed by atoms with E-state index >= 15 is 0 Å². The van der Waals surface area contributed by atoms with Gasteiger partial charge in [0.2, 0.25) is 15.9 Å². The molecule has 3 rings (SSSR count). The number of amides is 1. The van der Waals surface area contributed by atoms with Gasteiger partial charge in [0.15, 0.2) is 0 Å². The third-order valence-corrected chi connectivity index (χ3v) is 7.15. The second-order valence-corrected chi connectivity index (χ2v) is 9.05. The minimum absolute atomic E-state index is 0.123. The maximum absolute atomic E-state index is 12.6. The molecule has 1 aromatic heterocycles. The first-order valence-corrected chi connectivity index (χ1v) is 11.0. The van der Waals surface area contributed by atoms with Crippen LogP contribution in [0.4, 0.5) is 5.00 Å². The Kier molecular flexibility index (Phi) is 6.45. The van der Waals surface area contributed by atoms with Gasteiger partial charge >= 0.3 is 5.97 Å². The molecule has 2 heterocycles. The number of methoxy groups -OCH3 is 1. The van der Waals surface area contributed by atoms with E-state index in [-0.39, 0.29) is 17.3 Å². The quantitative estimate of drug-likeness (QED) is 0.707. The van der Waals surface area contributed by atoms with Crippen molar-refractivity contribution in [1.29, 1.82) is 0 Å². The number of thiophene rings is 1. The predicted molar refractivity (Wildman–Crippen MR) is 106 cm³/mol. The van der Waals surface area contributed by atoms with E-state index in [0.717, 1.165) is 0 Å². The fourth-order valence-electron chi connectivity index (χ4n) is 2.92. The van der Waals surface area contributed by atoms with Crippen molar-refractivity contribution in [3.05, 3.63) is 47.3 Å². The molecular weight excluding hydrogens is 402 g/mol. The third kappa shape index (κ3) is 4.58. The Morgan fingerprint density at radius 3 is 2.43 bits per heavy atom. The SMILES string of the molecule is COC(=O)c1ccsc1NC(=O)CN1CCN(S(=O)(=O)c2ccccc2)CC1. The first-order chi connectivity index (χ1) is 13.4. The number of hydrogen-bond acceptors (Lipinski definition) is 7. The molecule has 0 bridgehead atoms. The molecule has 1 aliphatic heterocycles. The Hall–Kier alpha value is -2.27. The van der Waals surface area contributed by atoms with Gasteiger partial charge in [-0.15, -0.1) is 11.3 Å². The van der Waals surface area contributed by atoms with Crippen LogP contribution in [0.1, 0.15) is 10.4 Å². The molecule has 0 spiro atoms. The Bertz CT molecular complexity index is 935. The summed E-state index contributed by atoms with van der Waals surface area (Å²) in [5.74, 6) is -0.761. The van der Waals surface area contributed by atoms with Crippen LogP contribution in [0, 0.1) is 0 Å². The summed E-state index contributed by atoms with van der Waals surface area (Å²) in [4.78, 5) is 26.1. The lowest BCUT2D eigenvalue weighted by molar-refractivity contribution is -0.117. The molecule has 1 saturated heterocycles. The topological polar surface area (TPSA) is 96.0 Å². The molecule has 1 fully saturated rings. The number of nitrogens with one attached hydrogen (secondary N) is 1. The van der Waals surface area contributed by atoms with E-state index in [1.54, 1.807) is 41.8 Å². The molecule has 1 aliphatic rings. The average molecular weight is 424 g/mol. The molecule has 150 valence electrons. The molecule has 0 saturated carbocycles. The number of sulfonamides is 1. The first kappa shape index (κ1) is 20.5. The summed E-state index contributed by atoms with van der Waals surface area (Å²) in [6.45, 7) is 1.66. The molecule has 1 amide bonds. The zero-order chi connectivity index (χ0) is 20.1. The summed E-state index contributed by atoms with van der Waals surface area (Å²) >= 11 is 1.25. The highest BCUT2D eigenvalue weighted by molar-refractivity contribution is 7.89. The zero-order valence-electron chi connectivity index (χ0n) is 15.3. The minimum Gasteiger partial charge on any atom is -0.465 e. The van der Waals surface area contributed by atoms with Crippen molar-refractivity contribution in [1.82, 2.24) is 9.21 Å². The van der Waals surface area contributed by atoms with E-state index in [4.69, 9.17) is 4.74 Å². The Labute approximate surface area is 167 Å². The van der Waals surface area contributed by atoms with Gasteiger partial charge in [-0.2, -0.15) is 4.31 Å². The van der Waals surface area contributed by atoms with Crippen LogP contribution in [0.2, 0.25) is 0 Å². The Morgan fingerprint density at radius 2 is 1.79 bits per heavy atom. The summed E-state index contributed by atoms with van der Waals surface area (Å²) in [5, 5.41) is 4.88. The van der Waals surface area contributed by atoms with Gasteiger partial charge in [-0.05, 0) is 23.6 Å². The highest BCUT2D eigenvalue weighted by atomic mass is 32.2. The Balaban J connectivity index is 1.54. The number of anilines is 1. The largest absolute Gasteiger partial charge is 0.465 e. The summed E-state index contributed by atoms with van der Waals surface area (Å²) < 4.78 is 31.4. The van der Waals surface area contributed by atoms with Crippen molar-refractivity contribution in [2.24, 2.45) is 0 Å². The smallest absolute Gasteiger partial charge is 0.340 e. The van der Waals surface area contributed by atoms with Crippen molar-refractivity contribution in [3.63, 3.8) is 0 Å². The van der Waals surface area contributed by atoms with Gasteiger partial charge in [0.05, 0.1) is 24.1 Å². The van der Waals surface area contributed by atoms with E-state index < -0.39 is 16.0 Å². The van der Waals surface area contributed by atoms with Crippen molar-refractivity contribution < 1.29 is 22.7 Å². The maximum Gasteiger partial charge on any atom is 0.340 e. The highest BCUT2D eigenvalue weighted by Crippen LogP contribution is 2.24. The number of piperazine rings is 1. The number of nitrogens with zero attached hydrogens (tertiary/aromatic N) is 2. The van der Waals surface area contributed by atoms with Gasteiger partial charge in [-0.25, -0.2) is 13.2 Å². The lowest BCUT2D eigenvalue weighted by Crippen LogP contribution is -2.50. The minimum atomic E-state index is -3.52. The molecule has 10 heteroatoms. The number of ether oxygens (including phenoxy) is 1. The summed E-state index contributed by atoms with van der Waals surface area (Å²) in [7, 11) is -2.23. The second-order valence-electron chi connectivity index (χ2n) is 6.20. The maximum atomic E-state index is 12.6. The van der Waals surface area contributed by atoms with Gasteiger partial charge in [-0.3, -0.25) is 9.69 Å². The van der Waals surface area contributed by atoms with Crippen molar-refractivity contribution >= 4 is 38.2 Å². The van der Waals surface area contributed by atoms with Crippen LogP contribution < -0.4 is 5.32 Å². The first-order valence-electron chi connectivity index (χ1n) is 8.65. The lowest BCUT2D eigenvalue weighted by atomic mass is 10.3. The van der Waals surface area contributed by atoms with Gasteiger partial charge in [-0.1, -0.05) is 18.2 Å². The number of benzene rings is 1. The molecule has 8 nitrogen and oxygen atoms in total. The fraction of sp³-hybridized carbons (Fsp3) is 0.333. The van der Waals surface area contributed by atoms with Gasteiger partial charge in [0, 0.05) is 26.2 Å². The Morgan fingerprint density at radius 1 is 1.11 bits per heavy atom. The number of hydrogen-bond donors (Lipinski definition) is 1. The van der Waals surface area contributed by atoms with Crippen LogP contribution >= 0.6 is 11.3 Å². The predicted octanol–water partition coefficient (Wildman–Crippen LogP) is 1.48. The molecule has 2 aromatic rings. The highest BCUT2D eigenvalue weighted by Gasteiger charge is 2.29. The fourth-order valence-corrected chi connectivity index (χ4v) is 5.15. The van der Waals surface area contributed by atoms with Crippen LogP contribution in [-0.4, -0.2) is 69.3 Å². The van der Waals surface area contributed by atoms with E-state index in [2.05, 4.69) is 5.32 Å². The summed E-state index contributed by atoms with van der Waals surface area (Å²) in [6, 6.07) is 9.92. The van der Waals surface area contributed by atoms with Gasteiger partial charge in [0.25, 0.3) is 0 Å². The number of esters is 1. The van der Waals surface area contributed by atoms with Gasteiger partial charge in [0.1, 0.15) is 5.00 Å². The van der Waals surface area contributed by atoms with Crippen LogP contribution in [0.5, 0.6) is 0 Å². The van der Waals surface area contributed by atoms with Crippen molar-refractivity contribution in [2.45, 2.75) is 4.90 Å². The van der Waals surface area contributed by atoms with E-state index in [1.807, 2.05) is 4.90 Å². The lowest BCUT2D eigenvalue weighted by Gasteiger charge is -2.33. The molecule has 0 radical (unpaired) electrons. The molecule has 1 aromatic carbocycles. The van der Waals surface area contributed by atoms with E-state index in [0.29, 0.717) is 36.7 Å². The standard InChI is InChI=1S/C18H21N3O5S2/c1-26-18(23)15-7-12-27-17(15)19-16(22)13-20-8-10-21(11-9-20)28(24,25)14-5-3-2-4-6-14/h2-7,12H,8-11,13H2,1H3,(H,19,22). The van der Waals surface area contributed by atoms with E-state index in [1.165, 1.54) is 22.8 Å². The molecule has 28 heavy (non-hydrogen) atoms. The number of carbonyl (C=O) groups excluding carboxylic acids is 2. The normalized spacial score (nSPS) is 15.9. The van der Waals surface area contributed by atoms with Crippen LogP contribution in [0.15, 0.2) is 46.7 Å². The molecular formula is C18H21N3O5S2. The molecule has 0 aliphatic carbocycles. The van der Waals surface area contributed by atoms with Crippen molar-refractivity contribution in [2.75, 3.05) is 45.2 Å². The van der Waals surface area contributed by atoms with E-state index in [9.17, 15) is 18.0 Å².